The first kappa shape index (κ1) is 13.3. The van der Waals surface area contributed by atoms with Gasteiger partial charge >= 0.3 is 11.7 Å². The Kier molecular flexibility index (Phi) is 3.94. The van der Waals surface area contributed by atoms with E-state index in [1.807, 2.05) is 0 Å². The Balaban J connectivity index is 2.05. The Morgan fingerprint density at radius 1 is 1.58 bits per heavy atom. The van der Waals surface area contributed by atoms with Crippen LogP contribution < -0.4 is 4.74 Å². The Labute approximate surface area is 109 Å². The fourth-order valence-electron chi connectivity index (χ4n) is 1.90. The highest BCUT2D eigenvalue weighted by Crippen LogP contribution is 2.30. The molecule has 0 amide bonds. The van der Waals surface area contributed by atoms with Crippen molar-refractivity contribution in [3.8, 4) is 5.88 Å². The van der Waals surface area contributed by atoms with Crippen LogP contribution in [0.2, 0.25) is 0 Å². The van der Waals surface area contributed by atoms with Gasteiger partial charge in [0, 0.05) is 12.3 Å². The normalized spacial score (nSPS) is 14.7. The van der Waals surface area contributed by atoms with Gasteiger partial charge in [0.15, 0.2) is 0 Å². The Morgan fingerprint density at radius 3 is 2.84 bits per heavy atom. The molecule has 2 rings (SSSR count). The Bertz CT molecular complexity index is 499. The fraction of sp³-hybridized carbons (Fsp3) is 0.500. The van der Waals surface area contributed by atoms with Crippen molar-refractivity contribution in [3.05, 3.63) is 27.9 Å². The van der Waals surface area contributed by atoms with Crippen LogP contribution in [0, 0.1) is 16.0 Å². The van der Waals surface area contributed by atoms with Gasteiger partial charge in [-0.25, -0.2) is 9.78 Å². The number of nitrogens with zero attached hydrogens (tertiary/aromatic N) is 2. The molecule has 1 aliphatic carbocycles. The largest absolute Gasteiger partial charge is 0.478 e. The minimum absolute atomic E-state index is 0.116. The molecule has 0 unspecified atom stereocenters. The number of hydrogen-bond donors (Lipinski definition) is 1. The van der Waals surface area contributed by atoms with E-state index in [0.717, 1.165) is 18.7 Å². The van der Waals surface area contributed by atoms with Crippen LogP contribution in [0.15, 0.2) is 12.3 Å². The molecule has 0 spiro atoms. The minimum Gasteiger partial charge on any atom is -0.478 e. The molecule has 0 aromatic carbocycles. The lowest BCUT2D eigenvalue weighted by Gasteiger charge is -2.24. The van der Waals surface area contributed by atoms with Crippen LogP contribution in [-0.2, 0) is 0 Å². The molecule has 1 aromatic rings. The summed E-state index contributed by atoms with van der Waals surface area (Å²) >= 11 is 0. The summed E-state index contributed by atoms with van der Waals surface area (Å²) in [6, 6.07) is 0.966. The molecule has 102 valence electrons. The fourth-order valence-corrected chi connectivity index (χ4v) is 1.90. The van der Waals surface area contributed by atoms with Crippen LogP contribution in [0.5, 0.6) is 5.88 Å². The maximum atomic E-state index is 10.9. The van der Waals surface area contributed by atoms with E-state index >= 15 is 0 Å². The molecule has 7 nitrogen and oxygen atoms in total. The molecule has 1 N–H and O–H groups in total. The van der Waals surface area contributed by atoms with Crippen molar-refractivity contribution in [1.29, 1.82) is 0 Å². The second-order valence-corrected chi connectivity index (χ2v) is 4.54. The summed E-state index contributed by atoms with van der Waals surface area (Å²) in [7, 11) is 0. The topological polar surface area (TPSA) is 103 Å². The molecule has 7 heteroatoms. The van der Waals surface area contributed by atoms with E-state index in [4.69, 9.17) is 9.84 Å². The Hall–Kier alpha value is -2.18. The van der Waals surface area contributed by atoms with Crippen molar-refractivity contribution >= 4 is 11.7 Å². The van der Waals surface area contributed by atoms with Crippen LogP contribution >= 0.6 is 0 Å². The maximum absolute atomic E-state index is 10.9. The summed E-state index contributed by atoms with van der Waals surface area (Å²) in [5, 5.41) is 19.6. The van der Waals surface area contributed by atoms with Crippen molar-refractivity contribution in [1.82, 2.24) is 4.98 Å². The van der Waals surface area contributed by atoms with Gasteiger partial charge in [0.2, 0.25) is 0 Å². The monoisotopic (exact) mass is 266 g/mol. The number of rotatable bonds is 6. The average molecular weight is 266 g/mol. The molecule has 1 fully saturated rings. The first-order valence-corrected chi connectivity index (χ1v) is 6.08. The van der Waals surface area contributed by atoms with Crippen LogP contribution in [0.25, 0.3) is 0 Å². The van der Waals surface area contributed by atoms with Crippen molar-refractivity contribution in [2.45, 2.75) is 25.7 Å². The van der Waals surface area contributed by atoms with E-state index in [1.54, 1.807) is 0 Å². The van der Waals surface area contributed by atoms with Gasteiger partial charge < -0.3 is 9.84 Å². The molecule has 0 radical (unpaired) electrons. The number of carboxylic acids is 1. The predicted octanol–water partition coefficient (Wildman–Crippen LogP) is 2.26. The van der Waals surface area contributed by atoms with Gasteiger partial charge in [-0.3, -0.25) is 10.1 Å². The molecule has 0 bridgehead atoms. The van der Waals surface area contributed by atoms with E-state index in [-0.39, 0.29) is 11.4 Å². The number of ether oxygens (including phenoxy) is 1. The van der Waals surface area contributed by atoms with Gasteiger partial charge in [0.1, 0.15) is 0 Å². The highest BCUT2D eigenvalue weighted by Gasteiger charge is 2.22. The summed E-state index contributed by atoms with van der Waals surface area (Å²) in [4.78, 5) is 24.6. The molecular weight excluding hydrogens is 252 g/mol. The van der Waals surface area contributed by atoms with E-state index in [9.17, 15) is 14.9 Å². The van der Waals surface area contributed by atoms with Crippen LogP contribution in [0.3, 0.4) is 0 Å². The lowest BCUT2D eigenvalue weighted by atomic mass is 9.83. The highest BCUT2D eigenvalue weighted by atomic mass is 16.6. The van der Waals surface area contributed by atoms with E-state index in [2.05, 4.69) is 4.98 Å². The van der Waals surface area contributed by atoms with Crippen molar-refractivity contribution < 1.29 is 19.6 Å². The number of hydrogen-bond acceptors (Lipinski definition) is 5. The Morgan fingerprint density at radius 2 is 2.32 bits per heavy atom. The van der Waals surface area contributed by atoms with E-state index in [0.29, 0.717) is 12.5 Å². The molecule has 1 aliphatic rings. The highest BCUT2D eigenvalue weighted by molar-refractivity contribution is 5.88. The van der Waals surface area contributed by atoms with Crippen molar-refractivity contribution in [2.24, 2.45) is 5.92 Å². The smallest absolute Gasteiger partial charge is 0.337 e. The van der Waals surface area contributed by atoms with Gasteiger partial charge in [-0.15, -0.1) is 0 Å². The van der Waals surface area contributed by atoms with E-state index < -0.39 is 16.6 Å². The number of carbonyl (C=O) groups is 1. The summed E-state index contributed by atoms with van der Waals surface area (Å²) in [5.41, 5.74) is -0.633. The zero-order valence-electron chi connectivity index (χ0n) is 10.2. The molecule has 1 aromatic heterocycles. The third kappa shape index (κ3) is 3.18. The summed E-state index contributed by atoms with van der Waals surface area (Å²) < 4.78 is 5.29. The van der Waals surface area contributed by atoms with Gasteiger partial charge in [0.05, 0.1) is 17.1 Å². The van der Waals surface area contributed by atoms with Gasteiger partial charge in [-0.2, -0.15) is 0 Å². The molecule has 19 heavy (non-hydrogen) atoms. The zero-order valence-corrected chi connectivity index (χ0v) is 10.2. The second-order valence-electron chi connectivity index (χ2n) is 4.54. The summed E-state index contributed by atoms with van der Waals surface area (Å²) in [6.45, 7) is 0.366. The van der Waals surface area contributed by atoms with Crippen molar-refractivity contribution in [3.63, 3.8) is 0 Å². The number of aromatic nitrogens is 1. The predicted molar refractivity (Wildman–Crippen MR) is 65.3 cm³/mol. The standard InChI is InChI=1S/C12H14N2O5/c15-12(16)9-6-10(14(17)18)11(13-7-9)19-5-4-8-2-1-3-8/h6-8H,1-5H2,(H,15,16). The first-order valence-electron chi connectivity index (χ1n) is 6.08. The minimum atomic E-state index is -1.25. The zero-order chi connectivity index (χ0) is 13.8. The molecule has 1 heterocycles. The molecule has 1 saturated carbocycles. The number of nitro groups is 1. The second kappa shape index (κ2) is 5.64. The quantitative estimate of drug-likeness (QED) is 0.625. The molecular formula is C12H14N2O5. The first-order chi connectivity index (χ1) is 9.08. The number of aromatic carboxylic acids is 1. The van der Waals surface area contributed by atoms with Gasteiger partial charge in [-0.05, 0) is 12.3 Å². The average Bonchev–Trinajstić information content (AvgIpc) is 2.32. The van der Waals surface area contributed by atoms with Gasteiger partial charge in [0.25, 0.3) is 5.88 Å². The van der Waals surface area contributed by atoms with Crippen LogP contribution in [-0.4, -0.2) is 27.6 Å². The SMILES string of the molecule is O=C(O)c1cnc(OCCC2CCC2)c([N+](=O)[O-])c1. The summed E-state index contributed by atoms with van der Waals surface area (Å²) in [5.74, 6) is -0.733. The third-order valence-corrected chi connectivity index (χ3v) is 3.27. The van der Waals surface area contributed by atoms with Crippen LogP contribution in [0.4, 0.5) is 5.69 Å². The lowest BCUT2D eigenvalue weighted by molar-refractivity contribution is -0.386. The van der Waals surface area contributed by atoms with Crippen molar-refractivity contribution in [2.75, 3.05) is 6.61 Å². The number of pyridine rings is 1. The number of carboxylic acid groups (broad SMARTS) is 1. The molecule has 0 atom stereocenters. The van der Waals surface area contributed by atoms with Gasteiger partial charge in [-0.1, -0.05) is 19.3 Å². The van der Waals surface area contributed by atoms with Crippen LogP contribution in [0.1, 0.15) is 36.0 Å². The lowest BCUT2D eigenvalue weighted by Crippen LogP contribution is -2.15. The third-order valence-electron chi connectivity index (χ3n) is 3.27. The van der Waals surface area contributed by atoms with E-state index in [1.165, 1.54) is 19.3 Å². The summed E-state index contributed by atoms with van der Waals surface area (Å²) in [6.07, 6.45) is 5.50. The molecule has 0 aliphatic heterocycles. The maximum Gasteiger partial charge on any atom is 0.337 e. The molecule has 0 saturated heterocycles.